The van der Waals surface area contributed by atoms with Gasteiger partial charge in [0.2, 0.25) is 5.88 Å². The molecular formula is C31H38F4N6O5S. The Kier molecular flexibility index (Phi) is 10.0. The van der Waals surface area contributed by atoms with Crippen molar-refractivity contribution >= 4 is 21.7 Å². The van der Waals surface area contributed by atoms with E-state index in [9.17, 15) is 22.2 Å². The van der Waals surface area contributed by atoms with Crippen molar-refractivity contribution < 1.29 is 40.6 Å². The fraction of sp³-hybridized carbons (Fsp3) is 0.516. The van der Waals surface area contributed by atoms with Gasteiger partial charge in [0, 0.05) is 17.2 Å². The SMILES string of the molecule is CCC1(CC)C(NC(=O)OC(C)(C)C)=N[C@](CC)(c2cc(-c3cc(-c4cnc(OC)cn4)no3)ccc2F)C[S@]1(=O)=NCC(F)(F)F. The van der Waals surface area contributed by atoms with Crippen LogP contribution in [-0.4, -0.2) is 67.2 Å². The smallest absolute Gasteiger partial charge is 0.413 e. The molecule has 3 aromatic rings. The summed E-state index contributed by atoms with van der Waals surface area (Å²) in [5.74, 6) is -0.943. The van der Waals surface area contributed by atoms with E-state index in [0.717, 1.165) is 6.07 Å². The second-order valence-corrected chi connectivity index (χ2v) is 14.7. The second-order valence-electron chi connectivity index (χ2n) is 12.1. The number of carbonyl (C=O) groups excluding carboxylic acids is 1. The lowest BCUT2D eigenvalue weighted by atomic mass is 9.86. The molecule has 1 aliphatic heterocycles. The fourth-order valence-electron chi connectivity index (χ4n) is 5.52. The van der Waals surface area contributed by atoms with Crippen LogP contribution in [0.1, 0.15) is 66.4 Å². The largest absolute Gasteiger partial charge is 0.480 e. The minimum atomic E-state index is -4.76. The third-order valence-corrected chi connectivity index (χ3v) is 11.4. The van der Waals surface area contributed by atoms with Crippen molar-refractivity contribution in [1.82, 2.24) is 20.4 Å². The van der Waals surface area contributed by atoms with Crippen LogP contribution in [0.4, 0.5) is 22.4 Å². The van der Waals surface area contributed by atoms with Crippen molar-refractivity contribution in [3.63, 3.8) is 0 Å². The Hall–Kier alpha value is -4.08. The molecule has 0 spiro atoms. The van der Waals surface area contributed by atoms with Gasteiger partial charge in [-0.25, -0.2) is 27.7 Å². The quantitative estimate of drug-likeness (QED) is 0.249. The van der Waals surface area contributed by atoms with Crippen molar-refractivity contribution in [2.45, 2.75) is 82.9 Å². The molecule has 0 saturated heterocycles. The van der Waals surface area contributed by atoms with Crippen molar-refractivity contribution in [2.24, 2.45) is 9.36 Å². The molecule has 47 heavy (non-hydrogen) atoms. The van der Waals surface area contributed by atoms with E-state index in [2.05, 4.69) is 24.8 Å². The molecule has 1 aliphatic rings. The molecule has 2 aromatic heterocycles. The van der Waals surface area contributed by atoms with Crippen LogP contribution in [0.25, 0.3) is 22.7 Å². The normalized spacial score (nSPS) is 21.1. The lowest BCUT2D eigenvalue weighted by molar-refractivity contribution is -0.117. The molecule has 11 nitrogen and oxygen atoms in total. The Bertz CT molecular complexity index is 1760. The van der Waals surface area contributed by atoms with Gasteiger partial charge in [0.15, 0.2) is 5.76 Å². The molecule has 0 unspecified atom stereocenters. The third kappa shape index (κ3) is 7.41. The molecule has 1 amide bonds. The molecule has 0 radical (unpaired) electrons. The van der Waals surface area contributed by atoms with E-state index in [1.165, 1.54) is 31.6 Å². The first kappa shape index (κ1) is 35.8. The maximum absolute atomic E-state index is 15.9. The Balaban J connectivity index is 1.91. The van der Waals surface area contributed by atoms with E-state index in [1.807, 2.05) is 0 Å². The number of alkyl carbamates (subject to hydrolysis) is 1. The molecule has 1 N–H and O–H groups in total. The number of ether oxygens (including phenoxy) is 2. The Labute approximate surface area is 270 Å². The maximum Gasteiger partial charge on any atom is 0.413 e. The predicted molar refractivity (Wildman–Crippen MR) is 168 cm³/mol. The number of halogens is 4. The van der Waals surface area contributed by atoms with Crippen LogP contribution in [0.15, 0.2) is 50.5 Å². The zero-order valence-corrected chi connectivity index (χ0v) is 28.0. The fourth-order valence-corrected chi connectivity index (χ4v) is 8.86. The van der Waals surface area contributed by atoms with Gasteiger partial charge >= 0.3 is 12.3 Å². The minimum Gasteiger partial charge on any atom is -0.480 e. The van der Waals surface area contributed by atoms with E-state index >= 15 is 4.39 Å². The standard InChI is InChI=1S/C31H38F4N6O5S/c1-8-29(20-13-19(11-12-21(20)32)24-14-22(41-46-24)23-15-37-25(44-7)16-36-23)18-47(43,38-17-31(33,34)35)30(9-2,10-3)26(40-29)39-27(42)45-28(4,5)6/h11-16H,8-10,17-18H2,1-7H3,(H,39,40,42)/t29-,47+/m0/s1. The van der Waals surface area contributed by atoms with Crippen LogP contribution in [0.2, 0.25) is 0 Å². The van der Waals surface area contributed by atoms with E-state index in [-0.39, 0.29) is 36.4 Å². The molecule has 16 heteroatoms. The number of nitrogens with zero attached hydrogens (tertiary/aromatic N) is 5. The number of carbonyl (C=O) groups is 1. The lowest BCUT2D eigenvalue weighted by Gasteiger charge is -2.46. The molecule has 2 atom stereocenters. The van der Waals surface area contributed by atoms with E-state index in [0.29, 0.717) is 22.8 Å². The van der Waals surface area contributed by atoms with Crippen LogP contribution in [0, 0.1) is 5.82 Å². The number of methoxy groups -OCH3 is 1. The van der Waals surface area contributed by atoms with Gasteiger partial charge in [-0.3, -0.25) is 10.3 Å². The van der Waals surface area contributed by atoms with Gasteiger partial charge < -0.3 is 14.0 Å². The first-order valence-electron chi connectivity index (χ1n) is 14.9. The van der Waals surface area contributed by atoms with Gasteiger partial charge in [-0.2, -0.15) is 13.2 Å². The minimum absolute atomic E-state index is 0.00198. The summed E-state index contributed by atoms with van der Waals surface area (Å²) in [5, 5.41) is 6.61. The highest BCUT2D eigenvalue weighted by atomic mass is 32.2. The average molecular weight is 683 g/mol. The van der Waals surface area contributed by atoms with Crippen molar-refractivity contribution in [1.29, 1.82) is 0 Å². The molecule has 3 heterocycles. The summed E-state index contributed by atoms with van der Waals surface area (Å²) in [6, 6.07) is 5.58. The van der Waals surface area contributed by atoms with Gasteiger partial charge in [-0.15, -0.1) is 0 Å². The summed E-state index contributed by atoms with van der Waals surface area (Å²) in [6.45, 7) is 8.13. The molecule has 0 bridgehead atoms. The molecule has 4 rings (SSSR count). The van der Waals surface area contributed by atoms with Crippen LogP contribution in [0.3, 0.4) is 0 Å². The highest BCUT2D eigenvalue weighted by Gasteiger charge is 2.54. The summed E-state index contributed by atoms with van der Waals surface area (Å²) < 4.78 is 89.7. The zero-order valence-electron chi connectivity index (χ0n) is 27.2. The Morgan fingerprint density at radius 2 is 1.77 bits per heavy atom. The summed E-state index contributed by atoms with van der Waals surface area (Å²) in [5.41, 5.74) is -1.64. The number of aliphatic imine (C=N–C) groups is 1. The number of benzene rings is 1. The topological polar surface area (TPSA) is 141 Å². The van der Waals surface area contributed by atoms with E-state index in [4.69, 9.17) is 19.0 Å². The van der Waals surface area contributed by atoms with E-state index < -0.39 is 56.0 Å². The van der Waals surface area contributed by atoms with Crippen LogP contribution in [0.5, 0.6) is 5.88 Å². The summed E-state index contributed by atoms with van der Waals surface area (Å²) >= 11 is 0. The first-order chi connectivity index (χ1) is 21.9. The summed E-state index contributed by atoms with van der Waals surface area (Å²) in [6.07, 6.45) is -2.82. The number of hydrogen-bond donors (Lipinski definition) is 1. The van der Waals surface area contributed by atoms with Crippen molar-refractivity contribution in [3.8, 4) is 28.6 Å². The first-order valence-corrected chi connectivity index (χ1v) is 16.6. The monoisotopic (exact) mass is 682 g/mol. The van der Waals surface area contributed by atoms with Crippen LogP contribution < -0.4 is 10.1 Å². The molecule has 0 aliphatic carbocycles. The zero-order chi connectivity index (χ0) is 34.8. The molecule has 1 aromatic carbocycles. The van der Waals surface area contributed by atoms with Crippen LogP contribution in [-0.2, 0) is 20.0 Å². The lowest BCUT2D eigenvalue weighted by Crippen LogP contribution is -2.61. The van der Waals surface area contributed by atoms with Gasteiger partial charge in [0.05, 0.1) is 35.0 Å². The van der Waals surface area contributed by atoms with Crippen LogP contribution >= 0.6 is 0 Å². The van der Waals surface area contributed by atoms with E-state index in [1.54, 1.807) is 47.6 Å². The number of aromatic nitrogens is 3. The summed E-state index contributed by atoms with van der Waals surface area (Å²) in [4.78, 5) is 26.2. The molecular weight excluding hydrogens is 644 g/mol. The number of hydrogen-bond acceptors (Lipinski definition) is 10. The molecule has 0 fully saturated rings. The number of amidine groups is 1. The Morgan fingerprint density at radius 3 is 2.32 bits per heavy atom. The highest BCUT2D eigenvalue weighted by Crippen LogP contribution is 2.45. The molecule has 256 valence electrons. The molecule has 0 saturated carbocycles. The third-order valence-electron chi connectivity index (χ3n) is 7.96. The van der Waals surface area contributed by atoms with Gasteiger partial charge in [0.1, 0.15) is 45.5 Å². The van der Waals surface area contributed by atoms with Gasteiger partial charge in [0.25, 0.3) is 0 Å². The number of nitrogens with one attached hydrogen (secondary N) is 1. The average Bonchev–Trinajstić information content (AvgIpc) is 3.50. The van der Waals surface area contributed by atoms with Gasteiger partial charge in [-0.05, 0) is 58.2 Å². The Morgan fingerprint density at radius 1 is 1.06 bits per heavy atom. The highest BCUT2D eigenvalue weighted by molar-refractivity contribution is 7.95. The predicted octanol–water partition coefficient (Wildman–Crippen LogP) is 7.08. The number of alkyl halides is 3. The van der Waals surface area contributed by atoms with Crippen molar-refractivity contribution in [3.05, 3.63) is 48.0 Å². The summed E-state index contributed by atoms with van der Waals surface area (Å²) in [7, 11) is -2.44. The number of amides is 1. The maximum atomic E-state index is 15.9. The number of rotatable bonds is 8. The second kappa shape index (κ2) is 13.2. The van der Waals surface area contributed by atoms with Crippen molar-refractivity contribution in [2.75, 3.05) is 19.4 Å². The van der Waals surface area contributed by atoms with Gasteiger partial charge in [-0.1, -0.05) is 25.9 Å².